The van der Waals surface area contributed by atoms with Gasteiger partial charge in [0.15, 0.2) is 9.84 Å². The van der Waals surface area contributed by atoms with E-state index in [0.717, 1.165) is 21.5 Å². The maximum Gasteiger partial charge on any atom is 0.233 e. The van der Waals surface area contributed by atoms with E-state index in [2.05, 4.69) is 44.3 Å². The van der Waals surface area contributed by atoms with Crippen molar-refractivity contribution < 1.29 is 13.2 Å². The average Bonchev–Trinajstić information content (AvgIpc) is 2.92. The Morgan fingerprint density at radius 3 is 2.67 bits per heavy atom. The maximum atomic E-state index is 12.5. The fourth-order valence-electron chi connectivity index (χ4n) is 3.40. The Kier molecular flexibility index (Phi) is 5.82. The average molecular weight is 407 g/mol. The summed E-state index contributed by atoms with van der Waals surface area (Å²) >= 11 is 1.41. The van der Waals surface area contributed by atoms with E-state index in [1.807, 2.05) is 13.0 Å². The predicted molar refractivity (Wildman–Crippen MR) is 111 cm³/mol. The summed E-state index contributed by atoms with van der Waals surface area (Å²) < 4.78 is 23.1. The van der Waals surface area contributed by atoms with E-state index in [1.165, 1.54) is 17.3 Å². The molecular formula is C20H26N2O3S2. The van der Waals surface area contributed by atoms with Crippen LogP contribution in [0.25, 0.3) is 10.9 Å². The number of carbonyl (C=O) groups is 1. The highest BCUT2D eigenvalue weighted by molar-refractivity contribution is 8.00. The van der Waals surface area contributed by atoms with Crippen molar-refractivity contribution in [3.05, 3.63) is 35.4 Å². The van der Waals surface area contributed by atoms with Gasteiger partial charge in [0, 0.05) is 11.4 Å². The Balaban J connectivity index is 1.77. The second-order valence-electron chi connectivity index (χ2n) is 7.54. The quantitative estimate of drug-likeness (QED) is 0.770. The van der Waals surface area contributed by atoms with Gasteiger partial charge in [-0.1, -0.05) is 43.8 Å². The van der Waals surface area contributed by atoms with Crippen LogP contribution in [0.3, 0.4) is 0 Å². The molecule has 0 bridgehead atoms. The molecule has 1 saturated heterocycles. The molecule has 1 aromatic carbocycles. The van der Waals surface area contributed by atoms with Crippen LogP contribution >= 0.6 is 11.8 Å². The largest absolute Gasteiger partial charge is 0.351 e. The molecule has 1 N–H and O–H groups in total. The molecule has 146 valence electrons. The minimum Gasteiger partial charge on any atom is -0.351 e. The van der Waals surface area contributed by atoms with E-state index < -0.39 is 9.84 Å². The van der Waals surface area contributed by atoms with Gasteiger partial charge in [-0.05, 0) is 43.4 Å². The van der Waals surface area contributed by atoms with Gasteiger partial charge in [0.1, 0.15) is 0 Å². The SMILES string of the molecule is Cc1cc(S[C@H](C)C(=O)N[C@@H]2CCS(=O)(=O)C2)nc2c(C(C)C)cccc12. The smallest absolute Gasteiger partial charge is 0.233 e. The number of hydrogen-bond donors (Lipinski definition) is 1. The molecule has 1 aliphatic heterocycles. The molecule has 1 aliphatic rings. The van der Waals surface area contributed by atoms with Crippen LogP contribution in [0, 0.1) is 6.92 Å². The Morgan fingerprint density at radius 2 is 2.04 bits per heavy atom. The molecule has 0 unspecified atom stereocenters. The predicted octanol–water partition coefficient (Wildman–Crippen LogP) is 3.45. The van der Waals surface area contributed by atoms with Gasteiger partial charge in [0.2, 0.25) is 5.91 Å². The number of sulfone groups is 1. The van der Waals surface area contributed by atoms with E-state index >= 15 is 0 Å². The molecule has 27 heavy (non-hydrogen) atoms. The van der Waals surface area contributed by atoms with E-state index in [4.69, 9.17) is 4.98 Å². The molecule has 5 nitrogen and oxygen atoms in total. The molecule has 1 amide bonds. The summed E-state index contributed by atoms with van der Waals surface area (Å²) in [5.74, 6) is 0.425. The monoisotopic (exact) mass is 406 g/mol. The van der Waals surface area contributed by atoms with Crippen LogP contribution in [0.4, 0.5) is 0 Å². The minimum atomic E-state index is -3.00. The molecule has 7 heteroatoms. The number of aryl methyl sites for hydroxylation is 1. The molecule has 0 aliphatic carbocycles. The fourth-order valence-corrected chi connectivity index (χ4v) is 6.00. The number of thioether (sulfide) groups is 1. The van der Waals surface area contributed by atoms with Gasteiger partial charge < -0.3 is 5.32 Å². The van der Waals surface area contributed by atoms with E-state index in [0.29, 0.717) is 12.3 Å². The Bertz CT molecular complexity index is 971. The number of hydrogen-bond acceptors (Lipinski definition) is 5. The highest BCUT2D eigenvalue weighted by Gasteiger charge is 2.30. The summed E-state index contributed by atoms with van der Waals surface area (Å²) in [6.07, 6.45) is 0.497. The lowest BCUT2D eigenvalue weighted by atomic mass is 9.98. The third kappa shape index (κ3) is 4.63. The van der Waals surface area contributed by atoms with Gasteiger partial charge in [0.25, 0.3) is 0 Å². The van der Waals surface area contributed by atoms with Crippen molar-refractivity contribution in [3.63, 3.8) is 0 Å². The van der Waals surface area contributed by atoms with E-state index in [9.17, 15) is 13.2 Å². The van der Waals surface area contributed by atoms with Crippen LogP contribution in [0.5, 0.6) is 0 Å². The number of nitrogens with zero attached hydrogens (tertiary/aromatic N) is 1. The van der Waals surface area contributed by atoms with Gasteiger partial charge in [-0.25, -0.2) is 13.4 Å². The van der Waals surface area contributed by atoms with Crippen LogP contribution in [-0.2, 0) is 14.6 Å². The molecule has 2 atom stereocenters. The van der Waals surface area contributed by atoms with Crippen molar-refractivity contribution in [2.75, 3.05) is 11.5 Å². The van der Waals surface area contributed by atoms with Gasteiger partial charge in [-0.15, -0.1) is 0 Å². The summed E-state index contributed by atoms with van der Waals surface area (Å²) in [6.45, 7) is 8.19. The summed E-state index contributed by atoms with van der Waals surface area (Å²) in [5.41, 5.74) is 3.33. The zero-order valence-corrected chi connectivity index (χ0v) is 17.8. The van der Waals surface area contributed by atoms with Crippen LogP contribution < -0.4 is 5.32 Å². The minimum absolute atomic E-state index is 0.0429. The molecule has 3 rings (SSSR count). The van der Waals surface area contributed by atoms with Crippen molar-refractivity contribution in [3.8, 4) is 0 Å². The molecule has 1 aromatic heterocycles. The summed E-state index contributed by atoms with van der Waals surface area (Å²) in [5, 5.41) is 4.48. The van der Waals surface area contributed by atoms with Crippen LogP contribution in [-0.4, -0.2) is 42.1 Å². The number of pyridine rings is 1. The molecule has 0 saturated carbocycles. The molecule has 2 heterocycles. The molecule has 2 aromatic rings. The number of rotatable bonds is 5. The van der Waals surface area contributed by atoms with Crippen LogP contribution in [0.2, 0.25) is 0 Å². The van der Waals surface area contributed by atoms with Crippen molar-refractivity contribution in [2.24, 2.45) is 0 Å². The van der Waals surface area contributed by atoms with Crippen LogP contribution in [0.15, 0.2) is 29.3 Å². The second kappa shape index (κ2) is 7.80. The lowest BCUT2D eigenvalue weighted by Crippen LogP contribution is -2.39. The molecule has 0 radical (unpaired) electrons. The lowest BCUT2D eigenvalue weighted by molar-refractivity contribution is -0.120. The second-order valence-corrected chi connectivity index (χ2v) is 11.1. The third-order valence-corrected chi connectivity index (χ3v) is 7.71. The molecule has 1 fully saturated rings. The lowest BCUT2D eigenvalue weighted by Gasteiger charge is -2.17. The van der Waals surface area contributed by atoms with Gasteiger partial charge >= 0.3 is 0 Å². The topological polar surface area (TPSA) is 76.1 Å². The number of benzene rings is 1. The van der Waals surface area contributed by atoms with Gasteiger partial charge in [-0.2, -0.15) is 0 Å². The standard InChI is InChI=1S/C20H26N2O3S2/c1-12(2)16-6-5-7-17-13(3)10-18(22-19(16)17)26-14(4)20(23)21-15-8-9-27(24,25)11-15/h5-7,10,12,14-15H,8-9,11H2,1-4H3,(H,21,23)/t14-,15-/m1/s1. The normalized spacial score (nSPS) is 20.1. The first kappa shape index (κ1) is 20.1. The zero-order valence-electron chi connectivity index (χ0n) is 16.2. The van der Waals surface area contributed by atoms with Crippen molar-refractivity contribution in [1.82, 2.24) is 10.3 Å². The third-order valence-electron chi connectivity index (χ3n) is 4.92. The first-order valence-corrected chi connectivity index (χ1v) is 11.9. The fraction of sp³-hybridized carbons (Fsp3) is 0.500. The summed E-state index contributed by atoms with van der Waals surface area (Å²) in [7, 11) is -3.00. The first-order chi connectivity index (χ1) is 12.7. The Morgan fingerprint density at radius 1 is 1.30 bits per heavy atom. The van der Waals surface area contributed by atoms with Crippen molar-refractivity contribution >= 4 is 38.4 Å². The van der Waals surface area contributed by atoms with Crippen LogP contribution in [0.1, 0.15) is 44.2 Å². The Labute approximate surface area is 165 Å². The molecule has 0 spiro atoms. The number of fused-ring (bicyclic) bond motifs is 1. The number of amides is 1. The highest BCUT2D eigenvalue weighted by Crippen LogP contribution is 2.31. The Hall–Kier alpha value is -1.60. The first-order valence-electron chi connectivity index (χ1n) is 9.24. The number of carbonyl (C=O) groups excluding carboxylic acids is 1. The number of para-hydroxylation sites is 1. The van der Waals surface area contributed by atoms with Crippen molar-refractivity contribution in [2.45, 2.75) is 56.4 Å². The van der Waals surface area contributed by atoms with E-state index in [1.54, 1.807) is 0 Å². The summed E-state index contributed by atoms with van der Waals surface area (Å²) in [6, 6.07) is 7.98. The van der Waals surface area contributed by atoms with Gasteiger partial charge in [-0.3, -0.25) is 4.79 Å². The zero-order chi connectivity index (χ0) is 19.8. The van der Waals surface area contributed by atoms with Gasteiger partial charge in [0.05, 0.1) is 27.3 Å². The number of nitrogens with one attached hydrogen (secondary N) is 1. The van der Waals surface area contributed by atoms with E-state index in [-0.39, 0.29) is 28.7 Å². The molecular weight excluding hydrogens is 380 g/mol. The maximum absolute atomic E-state index is 12.5. The number of aromatic nitrogens is 1. The summed E-state index contributed by atoms with van der Waals surface area (Å²) in [4.78, 5) is 17.3. The highest BCUT2D eigenvalue weighted by atomic mass is 32.2. The van der Waals surface area contributed by atoms with Crippen molar-refractivity contribution in [1.29, 1.82) is 0 Å².